The Morgan fingerprint density at radius 1 is 1.40 bits per heavy atom. The van der Waals surface area contributed by atoms with E-state index < -0.39 is 0 Å². The van der Waals surface area contributed by atoms with E-state index in [4.69, 9.17) is 9.72 Å². The predicted molar refractivity (Wildman–Crippen MR) is 120 cm³/mol. The molecule has 158 valence electrons. The number of aromatic nitrogens is 2. The van der Waals surface area contributed by atoms with E-state index in [2.05, 4.69) is 10.3 Å². The number of fused-ring (bicyclic) bond motifs is 1. The number of anilines is 1. The smallest absolute Gasteiger partial charge is 0.270 e. The average Bonchev–Trinajstić information content (AvgIpc) is 3.18. The van der Waals surface area contributed by atoms with Crippen LogP contribution in [0.25, 0.3) is 21.3 Å². The Labute approximate surface area is 179 Å². The van der Waals surface area contributed by atoms with Crippen molar-refractivity contribution in [3.8, 4) is 16.9 Å². The highest BCUT2D eigenvalue weighted by molar-refractivity contribution is 7.17. The van der Waals surface area contributed by atoms with Crippen LogP contribution in [0, 0.1) is 5.92 Å². The zero-order valence-electron chi connectivity index (χ0n) is 17.4. The van der Waals surface area contributed by atoms with Crippen molar-refractivity contribution in [3.05, 3.63) is 40.0 Å². The quantitative estimate of drug-likeness (QED) is 0.653. The van der Waals surface area contributed by atoms with E-state index in [0.29, 0.717) is 22.7 Å². The van der Waals surface area contributed by atoms with Crippen LogP contribution in [-0.2, 0) is 4.79 Å². The number of benzene rings is 1. The maximum Gasteiger partial charge on any atom is 0.270 e. The molecule has 4 rings (SSSR count). The fourth-order valence-corrected chi connectivity index (χ4v) is 4.76. The standard InChI is InChI=1S/C22H26N4O3S/c1-13(2)23-20(27)15-7-5-9-26(11-15)22-24-18-17(12-30-19(18)21(28)25-22)14-6-4-8-16(10-14)29-3/h4,6,8,10,12-13,15H,5,7,9,11H2,1-3H3,(H,23,27)(H,24,25,28)/t15-/m0/s1. The van der Waals surface area contributed by atoms with Crippen molar-refractivity contribution in [2.75, 3.05) is 25.1 Å². The summed E-state index contributed by atoms with van der Waals surface area (Å²) >= 11 is 1.39. The van der Waals surface area contributed by atoms with Gasteiger partial charge in [-0.25, -0.2) is 4.98 Å². The number of hydrogen-bond acceptors (Lipinski definition) is 6. The molecule has 2 N–H and O–H groups in total. The number of carbonyl (C=O) groups is 1. The first kappa shape index (κ1) is 20.4. The third kappa shape index (κ3) is 4.05. The number of nitrogens with one attached hydrogen (secondary N) is 2. The monoisotopic (exact) mass is 426 g/mol. The molecule has 0 aliphatic carbocycles. The summed E-state index contributed by atoms with van der Waals surface area (Å²) in [6, 6.07) is 7.85. The van der Waals surface area contributed by atoms with E-state index in [1.165, 1.54) is 11.3 Å². The average molecular weight is 427 g/mol. The van der Waals surface area contributed by atoms with Crippen molar-refractivity contribution in [2.45, 2.75) is 32.7 Å². The highest BCUT2D eigenvalue weighted by atomic mass is 32.1. The fourth-order valence-electron chi connectivity index (χ4n) is 3.85. The van der Waals surface area contributed by atoms with Crippen LogP contribution in [0.15, 0.2) is 34.4 Å². The van der Waals surface area contributed by atoms with Gasteiger partial charge in [0.25, 0.3) is 5.56 Å². The van der Waals surface area contributed by atoms with Crippen LogP contribution in [0.5, 0.6) is 5.75 Å². The Morgan fingerprint density at radius 3 is 3.00 bits per heavy atom. The summed E-state index contributed by atoms with van der Waals surface area (Å²) in [6.45, 7) is 5.23. The Kier molecular flexibility index (Phi) is 5.76. The van der Waals surface area contributed by atoms with Gasteiger partial charge < -0.3 is 15.0 Å². The number of aromatic amines is 1. The van der Waals surface area contributed by atoms with Gasteiger partial charge in [-0.2, -0.15) is 0 Å². The number of ether oxygens (including phenoxy) is 1. The molecule has 1 aromatic carbocycles. The number of piperidine rings is 1. The Morgan fingerprint density at radius 2 is 2.23 bits per heavy atom. The topological polar surface area (TPSA) is 87.3 Å². The number of thiophene rings is 1. The van der Waals surface area contributed by atoms with Gasteiger partial charge in [0.1, 0.15) is 10.4 Å². The van der Waals surface area contributed by atoms with Crippen LogP contribution < -0.4 is 20.5 Å². The number of methoxy groups -OCH3 is 1. The van der Waals surface area contributed by atoms with Gasteiger partial charge >= 0.3 is 0 Å². The third-order valence-electron chi connectivity index (χ3n) is 5.32. The molecular formula is C22H26N4O3S. The minimum atomic E-state index is -0.150. The third-order valence-corrected chi connectivity index (χ3v) is 6.29. The molecule has 1 aliphatic rings. The second-order valence-corrected chi connectivity index (χ2v) is 8.78. The number of hydrogen-bond donors (Lipinski definition) is 2. The largest absolute Gasteiger partial charge is 0.497 e. The van der Waals surface area contributed by atoms with E-state index >= 15 is 0 Å². The molecule has 1 saturated heterocycles. The molecule has 0 bridgehead atoms. The van der Waals surface area contributed by atoms with Crippen molar-refractivity contribution in [3.63, 3.8) is 0 Å². The summed E-state index contributed by atoms with van der Waals surface area (Å²) in [5.74, 6) is 1.23. The predicted octanol–water partition coefficient (Wildman–Crippen LogP) is 3.40. The lowest BCUT2D eigenvalue weighted by Gasteiger charge is -2.32. The summed E-state index contributed by atoms with van der Waals surface area (Å²) < 4.78 is 5.94. The van der Waals surface area contributed by atoms with Gasteiger partial charge in [-0.05, 0) is 44.4 Å². The highest BCUT2D eigenvalue weighted by Crippen LogP contribution is 2.33. The molecule has 1 aliphatic heterocycles. The van der Waals surface area contributed by atoms with Crippen molar-refractivity contribution in [2.24, 2.45) is 5.92 Å². The maximum absolute atomic E-state index is 12.8. The minimum Gasteiger partial charge on any atom is -0.497 e. The first-order chi connectivity index (χ1) is 14.5. The number of carbonyl (C=O) groups excluding carboxylic acids is 1. The molecule has 0 saturated carbocycles. The molecule has 1 amide bonds. The van der Waals surface area contributed by atoms with Gasteiger partial charge in [0, 0.05) is 30.1 Å². The summed E-state index contributed by atoms with van der Waals surface area (Å²) in [5.41, 5.74) is 2.40. The number of amides is 1. The van der Waals surface area contributed by atoms with Gasteiger partial charge in [0.2, 0.25) is 11.9 Å². The van der Waals surface area contributed by atoms with E-state index in [0.717, 1.165) is 36.3 Å². The molecule has 7 nitrogen and oxygen atoms in total. The second kappa shape index (κ2) is 8.47. The molecule has 30 heavy (non-hydrogen) atoms. The molecule has 3 aromatic rings. The van der Waals surface area contributed by atoms with Gasteiger partial charge in [0.15, 0.2) is 0 Å². The molecular weight excluding hydrogens is 400 g/mol. The summed E-state index contributed by atoms with van der Waals surface area (Å²) in [7, 11) is 1.63. The van der Waals surface area contributed by atoms with Crippen LogP contribution in [-0.4, -0.2) is 42.1 Å². The van der Waals surface area contributed by atoms with Crippen LogP contribution in [0.4, 0.5) is 5.95 Å². The van der Waals surface area contributed by atoms with Crippen LogP contribution >= 0.6 is 11.3 Å². The van der Waals surface area contributed by atoms with Crippen LogP contribution in [0.2, 0.25) is 0 Å². The molecule has 3 heterocycles. The molecule has 0 radical (unpaired) electrons. The molecule has 8 heteroatoms. The molecule has 0 unspecified atom stereocenters. The van der Waals surface area contributed by atoms with Crippen molar-refractivity contribution >= 4 is 33.4 Å². The first-order valence-corrected chi connectivity index (χ1v) is 11.1. The zero-order valence-corrected chi connectivity index (χ0v) is 18.2. The van der Waals surface area contributed by atoms with Crippen molar-refractivity contribution in [1.29, 1.82) is 0 Å². The number of H-pyrrole nitrogens is 1. The van der Waals surface area contributed by atoms with E-state index in [-0.39, 0.29) is 23.4 Å². The Bertz CT molecular complexity index is 1120. The lowest BCUT2D eigenvalue weighted by atomic mass is 9.97. The van der Waals surface area contributed by atoms with Gasteiger partial charge in [-0.1, -0.05) is 12.1 Å². The van der Waals surface area contributed by atoms with E-state index in [1.54, 1.807) is 7.11 Å². The number of nitrogens with zero attached hydrogens (tertiary/aromatic N) is 2. The Hall–Kier alpha value is -2.87. The SMILES string of the molecule is COc1cccc(-c2csc3c(=O)[nH]c(N4CCC[C@H](C(=O)NC(C)C)C4)nc23)c1. The fraction of sp³-hybridized carbons (Fsp3) is 0.409. The summed E-state index contributed by atoms with van der Waals surface area (Å²) in [5, 5.41) is 4.95. The minimum absolute atomic E-state index is 0.0609. The summed E-state index contributed by atoms with van der Waals surface area (Å²) in [6.07, 6.45) is 1.72. The number of rotatable bonds is 5. The zero-order chi connectivity index (χ0) is 21.3. The highest BCUT2D eigenvalue weighted by Gasteiger charge is 2.28. The lowest BCUT2D eigenvalue weighted by molar-refractivity contribution is -0.125. The molecule has 1 fully saturated rings. The van der Waals surface area contributed by atoms with Crippen LogP contribution in [0.3, 0.4) is 0 Å². The van der Waals surface area contributed by atoms with Crippen molar-refractivity contribution < 1.29 is 9.53 Å². The van der Waals surface area contributed by atoms with E-state index in [1.807, 2.05) is 48.4 Å². The Balaban J connectivity index is 1.68. The summed E-state index contributed by atoms with van der Waals surface area (Å²) in [4.78, 5) is 35.0. The first-order valence-electron chi connectivity index (χ1n) is 10.2. The molecule has 0 spiro atoms. The van der Waals surface area contributed by atoms with Gasteiger partial charge in [0.05, 0.1) is 18.5 Å². The molecule has 2 aromatic heterocycles. The maximum atomic E-state index is 12.8. The van der Waals surface area contributed by atoms with Crippen molar-refractivity contribution in [1.82, 2.24) is 15.3 Å². The van der Waals surface area contributed by atoms with Crippen LogP contribution in [0.1, 0.15) is 26.7 Å². The van der Waals surface area contributed by atoms with Gasteiger partial charge in [-0.15, -0.1) is 11.3 Å². The normalized spacial score (nSPS) is 16.8. The van der Waals surface area contributed by atoms with Gasteiger partial charge in [-0.3, -0.25) is 14.6 Å². The lowest BCUT2D eigenvalue weighted by Crippen LogP contribution is -2.45. The second-order valence-electron chi connectivity index (χ2n) is 7.90. The van der Waals surface area contributed by atoms with E-state index in [9.17, 15) is 9.59 Å². The molecule has 1 atom stereocenters.